The van der Waals surface area contributed by atoms with Crippen molar-refractivity contribution in [2.24, 2.45) is 0 Å². The van der Waals surface area contributed by atoms with Gasteiger partial charge in [0.1, 0.15) is 5.82 Å². The molecule has 0 unspecified atom stereocenters. The highest BCUT2D eigenvalue weighted by molar-refractivity contribution is 8.16. The maximum Gasteiger partial charge on any atom is 0.123 e. The topological polar surface area (TPSA) is 0 Å². The van der Waals surface area contributed by atoms with Crippen LogP contribution >= 0.6 is 11.8 Å². The fourth-order valence-corrected chi connectivity index (χ4v) is 8.88. The summed E-state index contributed by atoms with van der Waals surface area (Å²) in [7, 11) is 0. The number of benzene rings is 7. The molecule has 0 atom stereocenters. The van der Waals surface area contributed by atoms with Gasteiger partial charge in [-0.3, -0.25) is 0 Å². The fourth-order valence-electron chi connectivity index (χ4n) is 7.65. The number of allylic oxidation sites excluding steroid dienone is 7. The van der Waals surface area contributed by atoms with E-state index in [-0.39, 0.29) is 5.82 Å². The molecule has 9 rings (SSSR count). The average Bonchev–Trinajstić information content (AvgIpc) is 3.59. The molecule has 256 valence electrons. The lowest BCUT2D eigenvalue weighted by atomic mass is 9.89. The zero-order chi connectivity index (χ0) is 36.3. The van der Waals surface area contributed by atoms with Gasteiger partial charge in [0.15, 0.2) is 0 Å². The highest BCUT2D eigenvalue weighted by Crippen LogP contribution is 2.56. The SMILES string of the molecule is Fc1ccc2c(c1)C(c1ccccc1)=C(c1ccccc1)S/C2=C\C=C1C(c2ccccc2)=C(c2ccccc2)C(c2ccccc2)=C1c1ccccc1. The summed E-state index contributed by atoms with van der Waals surface area (Å²) in [4.78, 5) is 2.16. The summed E-state index contributed by atoms with van der Waals surface area (Å²) in [6.45, 7) is 0. The lowest BCUT2D eigenvalue weighted by Crippen LogP contribution is -2.03. The molecular formula is C52H35FS. The van der Waals surface area contributed by atoms with E-state index in [1.165, 1.54) is 22.3 Å². The molecule has 1 heterocycles. The average molecular weight is 711 g/mol. The van der Waals surface area contributed by atoms with Crippen molar-refractivity contribution in [1.29, 1.82) is 0 Å². The summed E-state index contributed by atoms with van der Waals surface area (Å²) in [5.41, 5.74) is 15.6. The van der Waals surface area contributed by atoms with Crippen LogP contribution in [0.2, 0.25) is 0 Å². The van der Waals surface area contributed by atoms with E-state index in [0.29, 0.717) is 0 Å². The van der Waals surface area contributed by atoms with E-state index < -0.39 is 0 Å². The zero-order valence-corrected chi connectivity index (χ0v) is 30.3. The fraction of sp³-hybridized carbons (Fsp3) is 0. The van der Waals surface area contributed by atoms with Crippen molar-refractivity contribution in [3.8, 4) is 0 Å². The summed E-state index contributed by atoms with van der Waals surface area (Å²) in [6, 6.07) is 69.0. The van der Waals surface area contributed by atoms with Crippen LogP contribution in [-0.2, 0) is 0 Å². The molecule has 0 fully saturated rings. The van der Waals surface area contributed by atoms with Crippen molar-refractivity contribution in [1.82, 2.24) is 0 Å². The predicted octanol–water partition coefficient (Wildman–Crippen LogP) is 14.0. The van der Waals surface area contributed by atoms with Crippen LogP contribution < -0.4 is 0 Å². The Labute approximate surface area is 320 Å². The minimum Gasteiger partial charge on any atom is -0.207 e. The number of hydrogen-bond acceptors (Lipinski definition) is 1. The van der Waals surface area contributed by atoms with Gasteiger partial charge >= 0.3 is 0 Å². The molecule has 0 nitrogen and oxygen atoms in total. The third-order valence-corrected chi connectivity index (χ3v) is 11.2. The van der Waals surface area contributed by atoms with Gasteiger partial charge in [-0.15, -0.1) is 0 Å². The van der Waals surface area contributed by atoms with Crippen LogP contribution in [0.3, 0.4) is 0 Å². The molecule has 0 bridgehead atoms. The van der Waals surface area contributed by atoms with Gasteiger partial charge in [0.25, 0.3) is 0 Å². The molecule has 0 N–H and O–H groups in total. The van der Waals surface area contributed by atoms with Crippen molar-refractivity contribution in [2.45, 2.75) is 0 Å². The molecule has 0 amide bonds. The van der Waals surface area contributed by atoms with E-state index in [9.17, 15) is 0 Å². The zero-order valence-electron chi connectivity index (χ0n) is 29.5. The molecule has 0 saturated carbocycles. The first-order valence-corrected chi connectivity index (χ1v) is 19.0. The van der Waals surface area contributed by atoms with Crippen LogP contribution in [-0.4, -0.2) is 0 Å². The first-order valence-electron chi connectivity index (χ1n) is 18.2. The molecule has 1 aliphatic carbocycles. The highest BCUT2D eigenvalue weighted by atomic mass is 32.2. The van der Waals surface area contributed by atoms with E-state index in [2.05, 4.69) is 170 Å². The molecule has 0 spiro atoms. The Kier molecular flexibility index (Phi) is 9.19. The quantitative estimate of drug-likeness (QED) is 0.159. The van der Waals surface area contributed by atoms with E-state index in [4.69, 9.17) is 0 Å². The van der Waals surface area contributed by atoms with E-state index >= 15 is 4.39 Å². The van der Waals surface area contributed by atoms with Crippen molar-refractivity contribution in [3.05, 3.63) is 268 Å². The molecule has 2 heteroatoms. The number of fused-ring (bicyclic) bond motifs is 1. The molecule has 0 aromatic heterocycles. The second kappa shape index (κ2) is 14.9. The molecule has 2 aliphatic rings. The van der Waals surface area contributed by atoms with Crippen molar-refractivity contribution in [3.63, 3.8) is 0 Å². The van der Waals surface area contributed by atoms with Crippen molar-refractivity contribution in [2.75, 3.05) is 0 Å². The Morgan fingerprint density at radius 1 is 0.333 bits per heavy atom. The van der Waals surface area contributed by atoms with Crippen molar-refractivity contribution >= 4 is 49.4 Å². The maximum absolute atomic E-state index is 15.3. The number of thioether (sulfide) groups is 1. The molecular weight excluding hydrogens is 676 g/mol. The van der Waals surface area contributed by atoms with Crippen molar-refractivity contribution < 1.29 is 4.39 Å². The van der Waals surface area contributed by atoms with Crippen LogP contribution in [0.1, 0.15) is 44.5 Å². The van der Waals surface area contributed by atoms with E-state index in [0.717, 1.165) is 65.5 Å². The number of rotatable bonds is 7. The molecule has 0 radical (unpaired) electrons. The Hall–Kier alpha value is -6.48. The van der Waals surface area contributed by atoms with Crippen LogP contribution in [0.25, 0.3) is 37.7 Å². The Balaban J connectivity index is 1.35. The normalized spacial score (nSPS) is 14.8. The Bertz CT molecular complexity index is 2510. The molecule has 7 aromatic rings. The second-order valence-corrected chi connectivity index (χ2v) is 14.4. The highest BCUT2D eigenvalue weighted by Gasteiger charge is 2.33. The molecule has 7 aromatic carbocycles. The van der Waals surface area contributed by atoms with Gasteiger partial charge in [-0.2, -0.15) is 0 Å². The summed E-state index contributed by atoms with van der Waals surface area (Å²) in [5.74, 6) is -0.251. The second-order valence-electron chi connectivity index (χ2n) is 13.3. The Morgan fingerprint density at radius 3 is 1.13 bits per heavy atom. The summed E-state index contributed by atoms with van der Waals surface area (Å²) in [6.07, 6.45) is 4.55. The molecule has 1 aliphatic heterocycles. The van der Waals surface area contributed by atoms with E-state index in [1.807, 2.05) is 30.3 Å². The van der Waals surface area contributed by atoms with Gasteiger partial charge in [0, 0.05) is 15.4 Å². The van der Waals surface area contributed by atoms with Gasteiger partial charge in [-0.1, -0.05) is 206 Å². The van der Waals surface area contributed by atoms with Gasteiger partial charge in [0.05, 0.1) is 0 Å². The van der Waals surface area contributed by atoms with E-state index in [1.54, 1.807) is 23.9 Å². The third-order valence-electron chi connectivity index (χ3n) is 9.99. The monoisotopic (exact) mass is 710 g/mol. The minimum absolute atomic E-state index is 0.251. The van der Waals surface area contributed by atoms with Gasteiger partial charge in [-0.25, -0.2) is 4.39 Å². The van der Waals surface area contributed by atoms with Gasteiger partial charge < -0.3 is 0 Å². The lowest BCUT2D eigenvalue weighted by molar-refractivity contribution is 0.627. The standard InChI is InChI=1S/C52H35FS/c53-42-31-32-43-45(35-42)49(38-23-11-3-12-24-38)52(41-29-17-6-18-30-41)54-46(43)34-33-44-47(36-19-7-1-8-20-36)50(39-25-13-4-14-26-39)51(40-27-15-5-16-28-40)48(44)37-21-9-2-10-22-37/h1-35H/b46-34-. The smallest absolute Gasteiger partial charge is 0.123 e. The molecule has 54 heavy (non-hydrogen) atoms. The first-order chi connectivity index (χ1) is 26.7. The van der Waals surface area contributed by atoms with Crippen LogP contribution in [0.4, 0.5) is 4.39 Å². The first kappa shape index (κ1) is 33.4. The Morgan fingerprint density at radius 2 is 0.704 bits per heavy atom. The molecule has 0 saturated heterocycles. The predicted molar refractivity (Wildman–Crippen MR) is 228 cm³/mol. The number of hydrogen-bond donors (Lipinski definition) is 0. The third kappa shape index (κ3) is 6.32. The van der Waals surface area contributed by atoms with Crippen LogP contribution in [0.5, 0.6) is 0 Å². The number of halogens is 1. The maximum atomic E-state index is 15.3. The lowest BCUT2D eigenvalue weighted by Gasteiger charge is -2.26. The van der Waals surface area contributed by atoms with Crippen LogP contribution in [0.15, 0.2) is 218 Å². The van der Waals surface area contributed by atoms with Gasteiger partial charge in [0.2, 0.25) is 0 Å². The summed E-state index contributed by atoms with van der Waals surface area (Å²) >= 11 is 1.75. The summed E-state index contributed by atoms with van der Waals surface area (Å²) < 4.78 is 15.3. The minimum atomic E-state index is -0.251. The van der Waals surface area contributed by atoms with Crippen LogP contribution in [0, 0.1) is 5.82 Å². The van der Waals surface area contributed by atoms with Gasteiger partial charge in [-0.05, 0) is 90.6 Å². The summed E-state index contributed by atoms with van der Waals surface area (Å²) in [5, 5.41) is 0. The largest absolute Gasteiger partial charge is 0.207 e.